The van der Waals surface area contributed by atoms with Crippen molar-refractivity contribution in [1.82, 2.24) is 24.3 Å². The van der Waals surface area contributed by atoms with Crippen LogP contribution in [-0.2, 0) is 0 Å². The van der Waals surface area contributed by atoms with Crippen LogP contribution in [-0.4, -0.2) is 44.1 Å². The zero-order chi connectivity index (χ0) is 21.0. The van der Waals surface area contributed by atoms with Crippen LogP contribution in [0.5, 0.6) is 0 Å². The van der Waals surface area contributed by atoms with Crippen LogP contribution < -0.4 is 15.8 Å². The summed E-state index contributed by atoms with van der Waals surface area (Å²) < 4.78 is 3.54. The third-order valence-corrected chi connectivity index (χ3v) is 5.77. The molecule has 30 heavy (non-hydrogen) atoms. The van der Waals surface area contributed by atoms with Crippen LogP contribution in [0.15, 0.2) is 47.7 Å². The molecule has 1 aliphatic heterocycles. The topological polar surface area (TPSA) is 67.5 Å². The summed E-state index contributed by atoms with van der Waals surface area (Å²) in [6.45, 7) is 10.2. The van der Waals surface area contributed by atoms with Crippen molar-refractivity contribution in [2.75, 3.05) is 18.0 Å². The minimum Gasteiger partial charge on any atom is -0.368 e. The fraction of sp³-hybridized carbons (Fsp3) is 0.348. The number of benzene rings is 1. The Morgan fingerprint density at radius 1 is 1.03 bits per heavy atom. The summed E-state index contributed by atoms with van der Waals surface area (Å²) in [6.07, 6.45) is 5.61. The Kier molecular flexibility index (Phi) is 4.36. The molecule has 1 fully saturated rings. The van der Waals surface area contributed by atoms with Crippen molar-refractivity contribution < 1.29 is 0 Å². The van der Waals surface area contributed by atoms with E-state index >= 15 is 0 Å². The molecule has 7 nitrogen and oxygen atoms in total. The highest BCUT2D eigenvalue weighted by Crippen LogP contribution is 2.23. The maximum absolute atomic E-state index is 13.2. The van der Waals surface area contributed by atoms with Gasteiger partial charge in [-0.15, -0.1) is 0 Å². The normalized spacial score (nSPS) is 19.7. The van der Waals surface area contributed by atoms with E-state index in [1.807, 2.05) is 49.0 Å². The van der Waals surface area contributed by atoms with Gasteiger partial charge in [0.1, 0.15) is 0 Å². The van der Waals surface area contributed by atoms with Gasteiger partial charge in [0.2, 0.25) is 0 Å². The van der Waals surface area contributed by atoms with Crippen molar-refractivity contribution in [1.29, 1.82) is 0 Å². The average Bonchev–Trinajstić information content (AvgIpc) is 3.08. The van der Waals surface area contributed by atoms with E-state index in [2.05, 4.69) is 46.2 Å². The first-order valence-electron chi connectivity index (χ1n) is 10.4. The van der Waals surface area contributed by atoms with Gasteiger partial charge in [-0.1, -0.05) is 0 Å². The Morgan fingerprint density at radius 3 is 2.57 bits per heavy atom. The second-order valence-electron chi connectivity index (χ2n) is 8.43. The summed E-state index contributed by atoms with van der Waals surface area (Å²) in [7, 11) is 0. The lowest BCUT2D eigenvalue weighted by molar-refractivity contribution is 0.407. The first kappa shape index (κ1) is 18.8. The van der Waals surface area contributed by atoms with E-state index in [0.717, 1.165) is 41.2 Å². The van der Waals surface area contributed by atoms with Gasteiger partial charge in [0.15, 0.2) is 11.5 Å². The van der Waals surface area contributed by atoms with E-state index in [1.165, 1.54) is 0 Å². The zero-order valence-electron chi connectivity index (χ0n) is 17.8. The highest BCUT2D eigenvalue weighted by atomic mass is 16.1. The molecule has 0 aliphatic carbocycles. The summed E-state index contributed by atoms with van der Waals surface area (Å²) in [5, 5.41) is 5.20. The monoisotopic (exact) mass is 402 g/mol. The van der Waals surface area contributed by atoms with E-state index in [-0.39, 0.29) is 5.56 Å². The Bertz CT molecular complexity index is 1310. The van der Waals surface area contributed by atoms with Crippen LogP contribution in [0.25, 0.3) is 22.2 Å². The average molecular weight is 403 g/mol. The third kappa shape index (κ3) is 3.15. The second kappa shape index (κ2) is 6.95. The number of hydrogen-bond donors (Lipinski definition) is 1. The number of anilines is 1. The molecule has 5 rings (SSSR count). The van der Waals surface area contributed by atoms with Gasteiger partial charge in [-0.05, 0) is 57.3 Å². The van der Waals surface area contributed by atoms with E-state index in [0.29, 0.717) is 23.3 Å². The quantitative estimate of drug-likeness (QED) is 0.558. The van der Waals surface area contributed by atoms with E-state index in [1.54, 1.807) is 4.57 Å². The molecule has 3 aromatic heterocycles. The molecule has 1 N–H and O–H groups in total. The molecular weight excluding hydrogens is 376 g/mol. The molecule has 0 radical (unpaired) electrons. The highest BCUT2D eigenvalue weighted by Gasteiger charge is 2.21. The molecule has 0 amide bonds. The van der Waals surface area contributed by atoms with Gasteiger partial charge >= 0.3 is 0 Å². The smallest absolute Gasteiger partial charge is 0.264 e. The second-order valence-corrected chi connectivity index (χ2v) is 8.43. The molecular formula is C23H26N6O. The summed E-state index contributed by atoms with van der Waals surface area (Å²) in [6, 6.07) is 8.98. The lowest BCUT2D eigenvalue weighted by Crippen LogP contribution is -2.54. The molecule has 0 bridgehead atoms. The standard InChI is InChI=1S/C23H26N6O/c1-14-10-27(11-15(2)24-14)19-5-6-20-18(9-19)7-8-29(23(20)30)21-13-28-12-16(3)25-22(28)17(4)26-21/h5-9,12-15,24H,10-11H2,1-4H3/t14-,15+. The van der Waals surface area contributed by atoms with Gasteiger partial charge in [-0.2, -0.15) is 0 Å². The van der Waals surface area contributed by atoms with Crippen LogP contribution in [0.3, 0.4) is 0 Å². The van der Waals surface area contributed by atoms with Crippen LogP contribution in [0.2, 0.25) is 0 Å². The number of imidazole rings is 1. The molecule has 1 aliphatic rings. The molecule has 4 aromatic rings. The highest BCUT2D eigenvalue weighted by molar-refractivity contribution is 5.85. The predicted octanol–water partition coefficient (Wildman–Crippen LogP) is 2.84. The van der Waals surface area contributed by atoms with Gasteiger partial charge in [0.25, 0.3) is 5.56 Å². The lowest BCUT2D eigenvalue weighted by atomic mass is 10.1. The van der Waals surface area contributed by atoms with Gasteiger partial charge in [-0.25, -0.2) is 9.97 Å². The zero-order valence-corrected chi connectivity index (χ0v) is 17.8. The van der Waals surface area contributed by atoms with E-state index in [4.69, 9.17) is 0 Å². The van der Waals surface area contributed by atoms with E-state index in [9.17, 15) is 4.79 Å². The predicted molar refractivity (Wildman–Crippen MR) is 120 cm³/mol. The van der Waals surface area contributed by atoms with Crippen molar-refractivity contribution in [3.8, 4) is 5.82 Å². The number of nitrogens with zero attached hydrogens (tertiary/aromatic N) is 5. The molecule has 2 atom stereocenters. The molecule has 0 spiro atoms. The molecule has 4 heterocycles. The first-order chi connectivity index (χ1) is 14.4. The van der Waals surface area contributed by atoms with Crippen molar-refractivity contribution in [3.63, 3.8) is 0 Å². The van der Waals surface area contributed by atoms with Crippen LogP contribution in [0, 0.1) is 13.8 Å². The lowest BCUT2D eigenvalue weighted by Gasteiger charge is -2.37. The van der Waals surface area contributed by atoms with Crippen molar-refractivity contribution in [2.45, 2.75) is 39.8 Å². The SMILES string of the molecule is Cc1cn2cc(-n3ccc4cc(N5C[C@@H](C)N[C@@H](C)C5)ccc4c3=O)nc(C)c2n1. The maximum atomic E-state index is 13.2. The summed E-state index contributed by atoms with van der Waals surface area (Å²) in [5.74, 6) is 0.595. The Balaban J connectivity index is 1.57. The number of rotatable bonds is 2. The summed E-state index contributed by atoms with van der Waals surface area (Å²) >= 11 is 0. The Hall–Kier alpha value is -3.19. The first-order valence-corrected chi connectivity index (χ1v) is 10.4. The minimum absolute atomic E-state index is 0.0656. The Labute approximate surface area is 175 Å². The summed E-state index contributed by atoms with van der Waals surface area (Å²) in [4.78, 5) is 24.7. The van der Waals surface area contributed by atoms with Crippen LogP contribution in [0.1, 0.15) is 25.2 Å². The largest absolute Gasteiger partial charge is 0.368 e. The number of aryl methyl sites for hydroxylation is 2. The molecule has 0 saturated carbocycles. The molecule has 7 heteroatoms. The number of nitrogens with one attached hydrogen (secondary N) is 1. The number of fused-ring (bicyclic) bond motifs is 2. The van der Waals surface area contributed by atoms with Crippen LogP contribution >= 0.6 is 0 Å². The molecule has 0 unspecified atom stereocenters. The van der Waals surface area contributed by atoms with Gasteiger partial charge in [0, 0.05) is 48.6 Å². The molecule has 154 valence electrons. The van der Waals surface area contributed by atoms with Crippen molar-refractivity contribution in [3.05, 3.63) is 64.6 Å². The summed E-state index contributed by atoms with van der Waals surface area (Å²) in [5.41, 5.74) is 3.62. The number of pyridine rings is 1. The van der Waals surface area contributed by atoms with Crippen molar-refractivity contribution >= 4 is 22.1 Å². The van der Waals surface area contributed by atoms with Gasteiger partial charge in [-0.3, -0.25) is 9.36 Å². The number of piperazine rings is 1. The fourth-order valence-electron chi connectivity index (χ4n) is 4.52. The van der Waals surface area contributed by atoms with E-state index < -0.39 is 0 Å². The minimum atomic E-state index is -0.0656. The third-order valence-electron chi connectivity index (χ3n) is 5.77. The molecule has 1 saturated heterocycles. The number of aromatic nitrogens is 4. The van der Waals surface area contributed by atoms with Crippen molar-refractivity contribution in [2.24, 2.45) is 0 Å². The van der Waals surface area contributed by atoms with Gasteiger partial charge < -0.3 is 14.6 Å². The maximum Gasteiger partial charge on any atom is 0.264 e. The van der Waals surface area contributed by atoms with Gasteiger partial charge in [0.05, 0.1) is 17.6 Å². The fourth-order valence-corrected chi connectivity index (χ4v) is 4.52. The molecule has 1 aromatic carbocycles. The Morgan fingerprint density at radius 2 is 1.80 bits per heavy atom. The van der Waals surface area contributed by atoms with Crippen LogP contribution in [0.4, 0.5) is 5.69 Å². The number of hydrogen-bond acceptors (Lipinski definition) is 5.